The third kappa shape index (κ3) is 5.34. The first-order valence-corrected chi connectivity index (χ1v) is 10.7. The first-order valence-electron chi connectivity index (χ1n) is 10.7. The van der Waals surface area contributed by atoms with Crippen LogP contribution in [0, 0.1) is 18.7 Å². The second-order valence-electron chi connectivity index (χ2n) is 8.26. The average molecular weight is 426 g/mol. The Balaban J connectivity index is 1.26. The van der Waals surface area contributed by atoms with Crippen LogP contribution in [0.3, 0.4) is 0 Å². The highest BCUT2D eigenvalue weighted by Crippen LogP contribution is 2.33. The fourth-order valence-corrected chi connectivity index (χ4v) is 4.18. The van der Waals surface area contributed by atoms with E-state index in [0.717, 1.165) is 31.4 Å². The number of halogens is 1. The number of ether oxygens (including phenoxy) is 2. The second kappa shape index (κ2) is 9.37. The average Bonchev–Trinajstić information content (AvgIpc) is 3.22. The number of hydrogen-bond donors (Lipinski definition) is 1. The number of hydrogen-bond acceptors (Lipinski definition) is 4. The lowest BCUT2D eigenvalue weighted by molar-refractivity contribution is -0.132. The number of amides is 2. The van der Waals surface area contributed by atoms with Crippen molar-refractivity contribution in [3.05, 3.63) is 53.3 Å². The number of likely N-dealkylation sites (tertiary alicyclic amines) is 1. The van der Waals surface area contributed by atoms with Gasteiger partial charge < -0.3 is 19.7 Å². The maximum atomic E-state index is 13.2. The molecule has 1 atom stereocenters. The minimum atomic E-state index is -0.316. The van der Waals surface area contributed by atoms with Gasteiger partial charge in [0.05, 0.1) is 6.42 Å². The van der Waals surface area contributed by atoms with Crippen LogP contribution in [0.2, 0.25) is 0 Å². The third-order valence-electron chi connectivity index (χ3n) is 5.91. The summed E-state index contributed by atoms with van der Waals surface area (Å²) in [6, 6.07) is 9.93. The van der Waals surface area contributed by atoms with Crippen molar-refractivity contribution in [3.63, 3.8) is 0 Å². The van der Waals surface area contributed by atoms with Gasteiger partial charge in [-0.1, -0.05) is 6.07 Å². The van der Waals surface area contributed by atoms with Crippen molar-refractivity contribution in [2.24, 2.45) is 5.92 Å². The fourth-order valence-electron chi connectivity index (χ4n) is 4.18. The van der Waals surface area contributed by atoms with Crippen molar-refractivity contribution >= 4 is 17.5 Å². The molecule has 1 unspecified atom stereocenters. The minimum absolute atomic E-state index is 0.0847. The van der Waals surface area contributed by atoms with Gasteiger partial charge in [0, 0.05) is 25.2 Å². The molecule has 4 rings (SSSR count). The molecule has 0 spiro atoms. The van der Waals surface area contributed by atoms with E-state index in [0.29, 0.717) is 48.1 Å². The van der Waals surface area contributed by atoms with Crippen LogP contribution in [0.5, 0.6) is 11.5 Å². The van der Waals surface area contributed by atoms with Crippen LogP contribution in [-0.4, -0.2) is 36.6 Å². The SMILES string of the molecule is Cc1cc(F)ccc1NC(=O)CCC1CCCN(C(=O)Cc2ccc3c(c2)OCO3)C1. The van der Waals surface area contributed by atoms with Crippen molar-refractivity contribution in [2.45, 2.75) is 39.0 Å². The van der Waals surface area contributed by atoms with Crippen LogP contribution < -0.4 is 14.8 Å². The molecule has 1 saturated heterocycles. The molecule has 0 aliphatic carbocycles. The standard InChI is InChI=1S/C24H27FN2O4/c1-16-11-19(25)6-7-20(16)26-23(28)9-5-17-3-2-10-27(14-17)24(29)13-18-4-8-21-22(12-18)31-15-30-21/h4,6-8,11-12,17H,2-3,5,9-10,13-15H2,1H3,(H,26,28). The Labute approximate surface area is 181 Å². The number of nitrogens with one attached hydrogen (secondary N) is 1. The van der Waals surface area contributed by atoms with Gasteiger partial charge in [0.25, 0.3) is 0 Å². The monoisotopic (exact) mass is 426 g/mol. The molecule has 2 amide bonds. The van der Waals surface area contributed by atoms with Gasteiger partial charge in [-0.2, -0.15) is 0 Å². The Kier molecular flexibility index (Phi) is 6.39. The highest BCUT2D eigenvalue weighted by Gasteiger charge is 2.25. The summed E-state index contributed by atoms with van der Waals surface area (Å²) in [6.07, 6.45) is 3.38. The molecule has 31 heavy (non-hydrogen) atoms. The third-order valence-corrected chi connectivity index (χ3v) is 5.91. The Hall–Kier alpha value is -3.09. The zero-order chi connectivity index (χ0) is 21.8. The van der Waals surface area contributed by atoms with Crippen LogP contribution in [-0.2, 0) is 16.0 Å². The quantitative estimate of drug-likeness (QED) is 0.756. The number of benzene rings is 2. The minimum Gasteiger partial charge on any atom is -0.454 e. The lowest BCUT2D eigenvalue weighted by Crippen LogP contribution is -2.40. The van der Waals surface area contributed by atoms with Crippen molar-refractivity contribution in [1.82, 2.24) is 4.90 Å². The number of piperidine rings is 1. The summed E-state index contributed by atoms with van der Waals surface area (Å²) in [5.41, 5.74) is 2.24. The Morgan fingerprint density at radius 3 is 2.84 bits per heavy atom. The first kappa shape index (κ1) is 21.2. The molecule has 6 nitrogen and oxygen atoms in total. The highest BCUT2D eigenvalue weighted by molar-refractivity contribution is 5.91. The van der Waals surface area contributed by atoms with Gasteiger partial charge >= 0.3 is 0 Å². The number of carbonyl (C=O) groups is 2. The van der Waals surface area contributed by atoms with Gasteiger partial charge in [0.1, 0.15) is 5.82 Å². The number of carbonyl (C=O) groups excluding carboxylic acids is 2. The highest BCUT2D eigenvalue weighted by atomic mass is 19.1. The normalized spacial score (nSPS) is 17.5. The molecule has 0 aromatic heterocycles. The number of rotatable bonds is 6. The zero-order valence-corrected chi connectivity index (χ0v) is 17.7. The molecule has 1 fully saturated rings. The van der Waals surface area contributed by atoms with E-state index in [4.69, 9.17) is 9.47 Å². The lowest BCUT2D eigenvalue weighted by atomic mass is 9.92. The van der Waals surface area contributed by atoms with Gasteiger partial charge in [0.15, 0.2) is 11.5 Å². The number of nitrogens with zero attached hydrogens (tertiary/aromatic N) is 1. The molecule has 7 heteroatoms. The van der Waals surface area contributed by atoms with E-state index in [2.05, 4.69) is 5.32 Å². The summed E-state index contributed by atoms with van der Waals surface area (Å²) in [4.78, 5) is 27.0. The molecular weight excluding hydrogens is 399 g/mol. The number of fused-ring (bicyclic) bond motifs is 1. The van der Waals surface area contributed by atoms with Crippen LogP contribution in [0.1, 0.15) is 36.8 Å². The molecule has 2 heterocycles. The predicted octanol–water partition coefficient (Wildman–Crippen LogP) is 4.06. The van der Waals surface area contributed by atoms with E-state index < -0.39 is 0 Å². The summed E-state index contributed by atoms with van der Waals surface area (Å²) >= 11 is 0. The predicted molar refractivity (Wildman–Crippen MR) is 115 cm³/mol. The van der Waals surface area contributed by atoms with Crippen molar-refractivity contribution in [2.75, 3.05) is 25.2 Å². The van der Waals surface area contributed by atoms with Crippen molar-refractivity contribution < 1.29 is 23.5 Å². The van der Waals surface area contributed by atoms with E-state index in [9.17, 15) is 14.0 Å². The molecule has 0 saturated carbocycles. The maximum Gasteiger partial charge on any atom is 0.231 e. The summed E-state index contributed by atoms with van der Waals surface area (Å²) in [7, 11) is 0. The van der Waals surface area contributed by atoms with E-state index in [-0.39, 0.29) is 24.4 Å². The zero-order valence-electron chi connectivity index (χ0n) is 17.7. The molecule has 2 aromatic rings. The molecule has 164 valence electrons. The summed E-state index contributed by atoms with van der Waals surface area (Å²) in [5, 5.41) is 2.86. The van der Waals surface area contributed by atoms with Gasteiger partial charge in [-0.15, -0.1) is 0 Å². The van der Waals surface area contributed by atoms with Gasteiger partial charge in [-0.05, 0) is 73.6 Å². The summed E-state index contributed by atoms with van der Waals surface area (Å²) < 4.78 is 23.9. The maximum absolute atomic E-state index is 13.2. The first-order chi connectivity index (χ1) is 15.0. The van der Waals surface area contributed by atoms with Crippen LogP contribution in [0.25, 0.3) is 0 Å². The molecular formula is C24H27FN2O4. The summed E-state index contributed by atoms with van der Waals surface area (Å²) in [5.74, 6) is 1.39. The fraction of sp³-hybridized carbons (Fsp3) is 0.417. The van der Waals surface area contributed by atoms with E-state index in [1.54, 1.807) is 13.0 Å². The van der Waals surface area contributed by atoms with Crippen LogP contribution >= 0.6 is 0 Å². The van der Waals surface area contributed by atoms with Crippen LogP contribution in [0.4, 0.5) is 10.1 Å². The topological polar surface area (TPSA) is 67.9 Å². The lowest BCUT2D eigenvalue weighted by Gasteiger charge is -2.33. The van der Waals surface area contributed by atoms with Gasteiger partial charge in [-0.25, -0.2) is 4.39 Å². The number of anilines is 1. The summed E-state index contributed by atoms with van der Waals surface area (Å²) in [6.45, 7) is 3.41. The number of aryl methyl sites for hydroxylation is 1. The smallest absolute Gasteiger partial charge is 0.231 e. The molecule has 0 radical (unpaired) electrons. The Morgan fingerprint density at radius 1 is 1.16 bits per heavy atom. The van der Waals surface area contributed by atoms with Crippen LogP contribution in [0.15, 0.2) is 36.4 Å². The molecule has 2 aliphatic rings. The van der Waals surface area contributed by atoms with Gasteiger partial charge in [0.2, 0.25) is 18.6 Å². The van der Waals surface area contributed by atoms with E-state index in [1.165, 1.54) is 12.1 Å². The Bertz CT molecular complexity index is 978. The molecule has 0 bridgehead atoms. The van der Waals surface area contributed by atoms with Gasteiger partial charge in [-0.3, -0.25) is 9.59 Å². The second-order valence-corrected chi connectivity index (χ2v) is 8.26. The largest absolute Gasteiger partial charge is 0.454 e. The van der Waals surface area contributed by atoms with Crippen molar-refractivity contribution in [1.29, 1.82) is 0 Å². The van der Waals surface area contributed by atoms with Crippen molar-refractivity contribution in [3.8, 4) is 11.5 Å². The molecule has 2 aromatic carbocycles. The molecule has 1 N–H and O–H groups in total. The van der Waals surface area contributed by atoms with E-state index in [1.807, 2.05) is 23.1 Å². The molecule has 2 aliphatic heterocycles. The van der Waals surface area contributed by atoms with E-state index >= 15 is 0 Å². The Morgan fingerprint density at radius 2 is 2.00 bits per heavy atom.